The zero-order valence-corrected chi connectivity index (χ0v) is 11.3. The summed E-state index contributed by atoms with van der Waals surface area (Å²) in [6.07, 6.45) is 0. The first-order valence-corrected chi connectivity index (χ1v) is 7.08. The molecule has 0 amide bonds. The number of H-pyrrole nitrogens is 1. The molecule has 2 nitrogen and oxygen atoms in total. The fraction of sp³-hybridized carbons (Fsp3) is 0.143. The van der Waals surface area contributed by atoms with Gasteiger partial charge in [-0.25, -0.2) is 0 Å². The van der Waals surface area contributed by atoms with Gasteiger partial charge < -0.3 is 10.3 Å². The maximum atomic E-state index is 6.35. The summed E-state index contributed by atoms with van der Waals surface area (Å²) >= 11 is 8.11. The van der Waals surface area contributed by atoms with Crippen LogP contribution in [0.2, 0.25) is 5.02 Å². The van der Waals surface area contributed by atoms with Gasteiger partial charge in [0.05, 0.1) is 5.02 Å². The SMILES string of the molecule is Clc1c(CNCc2cccs2)[nH]c2ccccc12. The van der Waals surface area contributed by atoms with Crippen LogP contribution in [0.15, 0.2) is 41.8 Å². The van der Waals surface area contributed by atoms with E-state index in [2.05, 4.69) is 27.8 Å². The Morgan fingerprint density at radius 3 is 2.78 bits per heavy atom. The summed E-state index contributed by atoms with van der Waals surface area (Å²) in [5, 5.41) is 7.40. The Kier molecular flexibility index (Phi) is 3.37. The lowest BCUT2D eigenvalue weighted by molar-refractivity contribution is 0.691. The molecule has 92 valence electrons. The van der Waals surface area contributed by atoms with E-state index in [4.69, 9.17) is 11.6 Å². The van der Waals surface area contributed by atoms with Gasteiger partial charge in [-0.3, -0.25) is 0 Å². The lowest BCUT2D eigenvalue weighted by Gasteiger charge is -2.01. The Labute approximate surface area is 115 Å². The monoisotopic (exact) mass is 276 g/mol. The second-order valence-corrected chi connectivity index (χ2v) is 5.56. The lowest BCUT2D eigenvalue weighted by Crippen LogP contribution is -2.12. The van der Waals surface area contributed by atoms with E-state index in [1.165, 1.54) is 4.88 Å². The van der Waals surface area contributed by atoms with E-state index >= 15 is 0 Å². The molecule has 2 N–H and O–H groups in total. The van der Waals surface area contributed by atoms with Gasteiger partial charge in [-0.05, 0) is 17.5 Å². The van der Waals surface area contributed by atoms with Crippen LogP contribution in [0.25, 0.3) is 10.9 Å². The van der Waals surface area contributed by atoms with E-state index < -0.39 is 0 Å². The zero-order chi connectivity index (χ0) is 12.4. The molecule has 3 aromatic rings. The minimum atomic E-state index is 0.755. The molecule has 0 radical (unpaired) electrons. The minimum absolute atomic E-state index is 0.755. The maximum absolute atomic E-state index is 6.35. The molecule has 0 aliphatic heterocycles. The van der Waals surface area contributed by atoms with Crippen LogP contribution in [0.3, 0.4) is 0 Å². The highest BCUT2D eigenvalue weighted by Crippen LogP contribution is 2.27. The largest absolute Gasteiger partial charge is 0.356 e. The molecular weight excluding hydrogens is 264 g/mol. The molecule has 0 spiro atoms. The Bertz CT molecular complexity index is 643. The molecule has 0 bridgehead atoms. The van der Waals surface area contributed by atoms with E-state index in [9.17, 15) is 0 Å². The van der Waals surface area contributed by atoms with Crippen molar-refractivity contribution >= 4 is 33.8 Å². The molecule has 1 aromatic carbocycles. The Balaban J connectivity index is 1.73. The third kappa shape index (κ3) is 2.29. The Hall–Kier alpha value is -1.29. The number of rotatable bonds is 4. The van der Waals surface area contributed by atoms with E-state index in [1.54, 1.807) is 11.3 Å². The van der Waals surface area contributed by atoms with Crippen molar-refractivity contribution in [3.63, 3.8) is 0 Å². The van der Waals surface area contributed by atoms with Gasteiger partial charge in [-0.2, -0.15) is 0 Å². The zero-order valence-electron chi connectivity index (χ0n) is 9.74. The van der Waals surface area contributed by atoms with Crippen molar-refractivity contribution < 1.29 is 0 Å². The summed E-state index contributed by atoms with van der Waals surface area (Å²) in [5.41, 5.74) is 2.14. The highest BCUT2D eigenvalue weighted by molar-refractivity contribution is 7.09. The quantitative estimate of drug-likeness (QED) is 0.735. The predicted octanol–water partition coefficient (Wildman–Crippen LogP) is 4.17. The molecule has 18 heavy (non-hydrogen) atoms. The van der Waals surface area contributed by atoms with Crippen LogP contribution >= 0.6 is 22.9 Å². The fourth-order valence-electron chi connectivity index (χ4n) is 2.01. The molecule has 0 saturated heterocycles. The molecule has 0 unspecified atom stereocenters. The van der Waals surface area contributed by atoms with Gasteiger partial charge in [-0.1, -0.05) is 35.9 Å². The lowest BCUT2D eigenvalue weighted by atomic mass is 10.2. The van der Waals surface area contributed by atoms with E-state index in [-0.39, 0.29) is 0 Å². The van der Waals surface area contributed by atoms with Crippen molar-refractivity contribution in [1.29, 1.82) is 0 Å². The van der Waals surface area contributed by atoms with Gasteiger partial charge in [0.2, 0.25) is 0 Å². The van der Waals surface area contributed by atoms with Crippen molar-refractivity contribution in [3.05, 3.63) is 57.4 Å². The topological polar surface area (TPSA) is 27.8 Å². The number of aromatic amines is 1. The molecule has 4 heteroatoms. The second-order valence-electron chi connectivity index (χ2n) is 4.15. The molecule has 0 aliphatic carbocycles. The van der Waals surface area contributed by atoms with Gasteiger partial charge in [0.15, 0.2) is 0 Å². The molecule has 2 heterocycles. The first-order chi connectivity index (χ1) is 8.84. The number of thiophene rings is 1. The van der Waals surface area contributed by atoms with E-state index in [0.717, 1.165) is 34.7 Å². The Morgan fingerprint density at radius 2 is 2.00 bits per heavy atom. The number of nitrogens with one attached hydrogen (secondary N) is 2. The summed E-state index contributed by atoms with van der Waals surface area (Å²) in [5.74, 6) is 0. The smallest absolute Gasteiger partial charge is 0.0705 e. The van der Waals surface area contributed by atoms with Crippen molar-refractivity contribution in [3.8, 4) is 0 Å². The summed E-state index contributed by atoms with van der Waals surface area (Å²) in [4.78, 5) is 4.69. The number of para-hydroxylation sites is 1. The van der Waals surface area contributed by atoms with Crippen molar-refractivity contribution in [1.82, 2.24) is 10.3 Å². The fourth-order valence-corrected chi connectivity index (χ4v) is 2.96. The third-order valence-electron chi connectivity index (χ3n) is 2.90. The van der Waals surface area contributed by atoms with Crippen LogP contribution in [0.4, 0.5) is 0 Å². The van der Waals surface area contributed by atoms with Gasteiger partial charge in [0, 0.05) is 34.6 Å². The highest BCUT2D eigenvalue weighted by Gasteiger charge is 2.08. The normalized spacial score (nSPS) is 11.2. The van der Waals surface area contributed by atoms with E-state index in [1.807, 2.05) is 24.3 Å². The number of halogens is 1. The molecule has 2 aromatic heterocycles. The molecule has 0 fully saturated rings. The van der Waals surface area contributed by atoms with Gasteiger partial charge in [0.25, 0.3) is 0 Å². The number of hydrogen-bond donors (Lipinski definition) is 2. The first kappa shape index (κ1) is 11.8. The van der Waals surface area contributed by atoms with Crippen molar-refractivity contribution in [2.75, 3.05) is 0 Å². The van der Waals surface area contributed by atoms with Crippen molar-refractivity contribution in [2.24, 2.45) is 0 Å². The van der Waals surface area contributed by atoms with E-state index in [0.29, 0.717) is 0 Å². The standard InChI is InChI=1S/C14H13ClN2S/c15-14-11-5-1-2-6-12(11)17-13(14)9-16-8-10-4-3-7-18-10/h1-7,16-17H,8-9H2. The minimum Gasteiger partial charge on any atom is -0.356 e. The second kappa shape index (κ2) is 5.14. The van der Waals surface area contributed by atoms with Gasteiger partial charge in [-0.15, -0.1) is 11.3 Å². The summed E-state index contributed by atoms with van der Waals surface area (Å²) < 4.78 is 0. The average molecular weight is 277 g/mol. The molecule has 3 rings (SSSR count). The molecule has 0 atom stereocenters. The van der Waals surface area contributed by atoms with Gasteiger partial charge in [0.1, 0.15) is 0 Å². The summed E-state index contributed by atoms with van der Waals surface area (Å²) in [6.45, 7) is 1.63. The van der Waals surface area contributed by atoms with Crippen LogP contribution in [0.1, 0.15) is 10.6 Å². The average Bonchev–Trinajstić information content (AvgIpc) is 3.00. The summed E-state index contributed by atoms with van der Waals surface area (Å²) in [7, 11) is 0. The van der Waals surface area contributed by atoms with Crippen LogP contribution < -0.4 is 5.32 Å². The maximum Gasteiger partial charge on any atom is 0.0705 e. The molecular formula is C14H13ClN2S. The molecule has 0 aliphatic rings. The number of fused-ring (bicyclic) bond motifs is 1. The number of aromatic nitrogens is 1. The number of hydrogen-bond acceptors (Lipinski definition) is 2. The third-order valence-corrected chi connectivity index (χ3v) is 4.20. The summed E-state index contributed by atoms with van der Waals surface area (Å²) in [6, 6.07) is 12.3. The van der Waals surface area contributed by atoms with Crippen LogP contribution in [-0.2, 0) is 13.1 Å². The number of benzene rings is 1. The van der Waals surface area contributed by atoms with Gasteiger partial charge >= 0.3 is 0 Å². The Morgan fingerprint density at radius 1 is 1.11 bits per heavy atom. The van der Waals surface area contributed by atoms with Crippen LogP contribution in [0, 0.1) is 0 Å². The van der Waals surface area contributed by atoms with Crippen LogP contribution in [0.5, 0.6) is 0 Å². The highest BCUT2D eigenvalue weighted by atomic mass is 35.5. The first-order valence-electron chi connectivity index (χ1n) is 5.83. The predicted molar refractivity (Wildman–Crippen MR) is 78.2 cm³/mol. The van der Waals surface area contributed by atoms with Crippen LogP contribution in [-0.4, -0.2) is 4.98 Å². The van der Waals surface area contributed by atoms with Crippen molar-refractivity contribution in [2.45, 2.75) is 13.1 Å². The molecule has 0 saturated carbocycles.